The van der Waals surface area contributed by atoms with Gasteiger partial charge < -0.3 is 15.2 Å². The highest BCUT2D eigenvalue weighted by molar-refractivity contribution is 6.33. The molecule has 1 heterocycles. The summed E-state index contributed by atoms with van der Waals surface area (Å²) in [5.41, 5.74) is 1.45. The van der Waals surface area contributed by atoms with Gasteiger partial charge in [-0.1, -0.05) is 35.9 Å². The number of halogens is 2. The molecule has 2 aromatic carbocycles. The molecule has 0 radical (unpaired) electrons. The minimum Gasteiger partial charge on any atom is -0.491 e. The van der Waals surface area contributed by atoms with Crippen molar-refractivity contribution in [1.29, 1.82) is 0 Å². The van der Waals surface area contributed by atoms with Gasteiger partial charge in [-0.15, -0.1) is 0 Å². The fraction of sp³-hybridized carbons (Fsp3) is 0.158. The van der Waals surface area contributed by atoms with Crippen LogP contribution in [0.15, 0.2) is 54.7 Å². The second kappa shape index (κ2) is 8.66. The zero-order chi connectivity index (χ0) is 19.2. The lowest BCUT2D eigenvalue weighted by Gasteiger charge is -2.13. The lowest BCUT2D eigenvalue weighted by atomic mass is 10.1. The predicted molar refractivity (Wildman–Crippen MR) is 99.3 cm³/mol. The van der Waals surface area contributed by atoms with Gasteiger partial charge in [0.15, 0.2) is 0 Å². The molecule has 0 aliphatic rings. The first-order valence-electron chi connectivity index (χ1n) is 8.17. The highest BCUT2D eigenvalue weighted by atomic mass is 35.5. The van der Waals surface area contributed by atoms with Crippen LogP contribution >= 0.6 is 11.6 Å². The number of carbonyl (C=O) groups excluding carboxylic acids is 1. The van der Waals surface area contributed by atoms with Crippen molar-refractivity contribution in [2.24, 2.45) is 0 Å². The fourth-order valence-corrected chi connectivity index (χ4v) is 2.67. The van der Waals surface area contributed by atoms with Crippen molar-refractivity contribution in [3.05, 3.63) is 71.1 Å². The number of aliphatic hydroxyl groups excluding tert-OH is 1. The van der Waals surface area contributed by atoms with Crippen molar-refractivity contribution in [2.75, 3.05) is 13.2 Å². The summed E-state index contributed by atoms with van der Waals surface area (Å²) in [7, 11) is 0. The van der Waals surface area contributed by atoms with Gasteiger partial charge in [-0.05, 0) is 18.2 Å². The summed E-state index contributed by atoms with van der Waals surface area (Å²) in [5, 5.41) is 19.8. The number of aliphatic hydroxyl groups is 1. The van der Waals surface area contributed by atoms with Gasteiger partial charge in [0, 0.05) is 23.2 Å². The molecule has 3 aromatic rings. The SMILES string of the molecule is O=C(NCC(O)COc1cccc(F)c1)c1cn[nH]c1-c1ccccc1Cl. The Morgan fingerprint density at radius 1 is 1.30 bits per heavy atom. The molecular weight excluding hydrogens is 373 g/mol. The smallest absolute Gasteiger partial charge is 0.255 e. The Morgan fingerprint density at radius 2 is 2.11 bits per heavy atom. The first-order valence-corrected chi connectivity index (χ1v) is 8.55. The Kier molecular flexibility index (Phi) is 6.05. The largest absolute Gasteiger partial charge is 0.491 e. The molecule has 6 nitrogen and oxygen atoms in total. The average molecular weight is 390 g/mol. The quantitative estimate of drug-likeness (QED) is 0.579. The summed E-state index contributed by atoms with van der Waals surface area (Å²) in [5.74, 6) is -0.540. The molecule has 3 rings (SSSR count). The molecule has 1 aromatic heterocycles. The Bertz CT molecular complexity index is 932. The molecule has 3 N–H and O–H groups in total. The number of amides is 1. The molecule has 0 saturated heterocycles. The van der Waals surface area contributed by atoms with Crippen LogP contribution in [0.25, 0.3) is 11.3 Å². The van der Waals surface area contributed by atoms with Crippen LogP contribution < -0.4 is 10.1 Å². The first kappa shape index (κ1) is 18.9. The van der Waals surface area contributed by atoms with Crippen molar-refractivity contribution in [2.45, 2.75) is 6.10 Å². The van der Waals surface area contributed by atoms with Crippen LogP contribution in [-0.2, 0) is 0 Å². The van der Waals surface area contributed by atoms with E-state index < -0.39 is 17.8 Å². The first-order chi connectivity index (χ1) is 13.0. The van der Waals surface area contributed by atoms with Crippen molar-refractivity contribution in [1.82, 2.24) is 15.5 Å². The Morgan fingerprint density at radius 3 is 2.89 bits per heavy atom. The van der Waals surface area contributed by atoms with Crippen LogP contribution in [0, 0.1) is 5.82 Å². The summed E-state index contributed by atoms with van der Waals surface area (Å²) in [6, 6.07) is 12.7. The van der Waals surface area contributed by atoms with Gasteiger partial charge in [-0.25, -0.2) is 4.39 Å². The van der Waals surface area contributed by atoms with Crippen LogP contribution in [0.3, 0.4) is 0 Å². The van der Waals surface area contributed by atoms with Crippen molar-refractivity contribution >= 4 is 17.5 Å². The molecule has 0 aliphatic carbocycles. The predicted octanol–water partition coefficient (Wildman–Crippen LogP) is 3.04. The highest BCUT2D eigenvalue weighted by Gasteiger charge is 2.18. The third-order valence-corrected chi connectivity index (χ3v) is 4.09. The number of nitrogens with one attached hydrogen (secondary N) is 2. The molecule has 8 heteroatoms. The number of carbonyl (C=O) groups is 1. The van der Waals surface area contributed by atoms with E-state index in [0.29, 0.717) is 27.6 Å². The van der Waals surface area contributed by atoms with E-state index in [4.69, 9.17) is 16.3 Å². The van der Waals surface area contributed by atoms with Gasteiger partial charge in [0.1, 0.15) is 24.3 Å². The maximum Gasteiger partial charge on any atom is 0.255 e. The summed E-state index contributed by atoms with van der Waals surface area (Å²) in [4.78, 5) is 12.4. The topological polar surface area (TPSA) is 87.2 Å². The third kappa shape index (κ3) is 4.84. The zero-order valence-corrected chi connectivity index (χ0v) is 14.9. The van der Waals surface area contributed by atoms with E-state index in [-0.39, 0.29) is 13.2 Å². The summed E-state index contributed by atoms with van der Waals surface area (Å²) < 4.78 is 18.4. The van der Waals surface area contributed by atoms with E-state index in [1.807, 2.05) is 0 Å². The molecule has 1 amide bonds. The average Bonchev–Trinajstić information content (AvgIpc) is 3.14. The molecular formula is C19H17ClFN3O3. The number of H-pyrrole nitrogens is 1. The van der Waals surface area contributed by atoms with Crippen LogP contribution in [-0.4, -0.2) is 40.5 Å². The fourth-order valence-electron chi connectivity index (χ4n) is 2.44. The van der Waals surface area contributed by atoms with E-state index in [0.717, 1.165) is 0 Å². The summed E-state index contributed by atoms with van der Waals surface area (Å²) in [6.07, 6.45) is 0.428. The van der Waals surface area contributed by atoms with Crippen molar-refractivity contribution in [3.63, 3.8) is 0 Å². The van der Waals surface area contributed by atoms with Gasteiger partial charge in [0.25, 0.3) is 5.91 Å². The number of hydrogen-bond donors (Lipinski definition) is 3. The van der Waals surface area contributed by atoms with Crippen molar-refractivity contribution in [3.8, 4) is 17.0 Å². The number of hydrogen-bond acceptors (Lipinski definition) is 4. The maximum atomic E-state index is 13.1. The normalized spacial score (nSPS) is 11.8. The van der Waals surface area contributed by atoms with Crippen molar-refractivity contribution < 1.29 is 19.0 Å². The number of aromatic amines is 1. The zero-order valence-electron chi connectivity index (χ0n) is 14.2. The molecule has 0 saturated carbocycles. The molecule has 0 aliphatic heterocycles. The van der Waals surface area contributed by atoms with Crippen LogP contribution in [0.2, 0.25) is 5.02 Å². The molecule has 1 unspecified atom stereocenters. The number of aromatic nitrogens is 2. The third-order valence-electron chi connectivity index (χ3n) is 3.76. The highest BCUT2D eigenvalue weighted by Crippen LogP contribution is 2.28. The number of nitrogens with zero attached hydrogens (tertiary/aromatic N) is 1. The van der Waals surface area contributed by atoms with Gasteiger partial charge in [0.05, 0.1) is 17.5 Å². The van der Waals surface area contributed by atoms with Crippen LogP contribution in [0.4, 0.5) is 4.39 Å². The molecule has 0 bridgehead atoms. The molecule has 27 heavy (non-hydrogen) atoms. The molecule has 0 fully saturated rings. The summed E-state index contributed by atoms with van der Waals surface area (Å²) in [6.45, 7) is -0.131. The Labute approximate surface area is 159 Å². The second-order valence-corrected chi connectivity index (χ2v) is 6.18. The number of benzene rings is 2. The van der Waals surface area contributed by atoms with E-state index >= 15 is 0 Å². The minimum atomic E-state index is -0.965. The molecule has 0 spiro atoms. The van der Waals surface area contributed by atoms with E-state index in [1.54, 1.807) is 30.3 Å². The van der Waals surface area contributed by atoms with Gasteiger partial charge in [-0.3, -0.25) is 9.89 Å². The van der Waals surface area contributed by atoms with E-state index in [1.165, 1.54) is 24.4 Å². The van der Waals surface area contributed by atoms with Gasteiger partial charge in [0.2, 0.25) is 0 Å². The Balaban J connectivity index is 1.57. The molecule has 1 atom stereocenters. The monoisotopic (exact) mass is 389 g/mol. The van der Waals surface area contributed by atoms with Gasteiger partial charge in [-0.2, -0.15) is 5.10 Å². The summed E-state index contributed by atoms with van der Waals surface area (Å²) >= 11 is 6.17. The molecule has 140 valence electrons. The lowest BCUT2D eigenvalue weighted by Crippen LogP contribution is -2.35. The number of ether oxygens (including phenoxy) is 1. The van der Waals surface area contributed by atoms with E-state index in [9.17, 15) is 14.3 Å². The maximum absolute atomic E-state index is 13.1. The lowest BCUT2D eigenvalue weighted by molar-refractivity contribution is 0.0844. The van der Waals surface area contributed by atoms with Gasteiger partial charge >= 0.3 is 0 Å². The Hall–Kier alpha value is -2.90. The van der Waals surface area contributed by atoms with Crippen LogP contribution in [0.1, 0.15) is 10.4 Å². The van der Waals surface area contributed by atoms with E-state index in [2.05, 4.69) is 15.5 Å². The second-order valence-electron chi connectivity index (χ2n) is 5.77. The standard InChI is InChI=1S/C19H17ClFN3O3/c20-17-7-2-1-6-15(17)18-16(10-23-24-18)19(26)22-9-13(25)11-27-14-5-3-4-12(21)8-14/h1-8,10,13,25H,9,11H2,(H,22,26)(H,23,24). The van der Waals surface area contributed by atoms with Crippen LogP contribution in [0.5, 0.6) is 5.75 Å². The minimum absolute atomic E-state index is 0.0404. The number of rotatable bonds is 7.